The van der Waals surface area contributed by atoms with Gasteiger partial charge in [0.15, 0.2) is 0 Å². The predicted molar refractivity (Wildman–Crippen MR) is 98.1 cm³/mol. The van der Waals surface area contributed by atoms with E-state index >= 15 is 0 Å². The fraction of sp³-hybridized carbons (Fsp3) is 0.250. The van der Waals surface area contributed by atoms with Crippen molar-refractivity contribution in [2.24, 2.45) is 0 Å². The monoisotopic (exact) mass is 342 g/mol. The van der Waals surface area contributed by atoms with Gasteiger partial charge in [-0.3, -0.25) is 9.69 Å². The number of nitrogens with one attached hydrogen (secondary N) is 1. The molecular formula is C20H23FN2O2. The Balaban J connectivity index is 1.92. The summed E-state index contributed by atoms with van der Waals surface area (Å²) >= 11 is 0. The highest BCUT2D eigenvalue weighted by Crippen LogP contribution is 2.16. The molecule has 132 valence electrons. The molecule has 0 fully saturated rings. The Morgan fingerprint density at radius 2 is 1.96 bits per heavy atom. The normalized spacial score (nSPS) is 11.8. The molecule has 0 radical (unpaired) electrons. The van der Waals surface area contributed by atoms with Gasteiger partial charge in [-0.05, 0) is 43.8 Å². The van der Waals surface area contributed by atoms with Gasteiger partial charge in [-0.1, -0.05) is 36.9 Å². The summed E-state index contributed by atoms with van der Waals surface area (Å²) in [5.41, 5.74) is 1.25. The Bertz CT molecular complexity index is 716. The number of amides is 1. The van der Waals surface area contributed by atoms with Crippen molar-refractivity contribution in [3.8, 4) is 5.75 Å². The highest BCUT2D eigenvalue weighted by atomic mass is 19.1. The molecule has 0 spiro atoms. The number of carbonyl (C=O) groups is 1. The zero-order valence-corrected chi connectivity index (χ0v) is 14.5. The molecule has 0 aliphatic heterocycles. The van der Waals surface area contributed by atoms with Crippen LogP contribution in [-0.2, 0) is 11.3 Å². The molecule has 1 unspecified atom stereocenters. The van der Waals surface area contributed by atoms with E-state index in [0.29, 0.717) is 13.2 Å². The molecule has 0 aliphatic carbocycles. The molecule has 5 heteroatoms. The lowest BCUT2D eigenvalue weighted by Crippen LogP contribution is -2.39. The third-order valence-electron chi connectivity index (χ3n) is 3.90. The average Bonchev–Trinajstić information content (AvgIpc) is 2.62. The Hall–Kier alpha value is -2.66. The Labute approximate surface area is 147 Å². The number of hydrogen-bond acceptors (Lipinski definition) is 3. The molecule has 1 N–H and O–H groups in total. The summed E-state index contributed by atoms with van der Waals surface area (Å²) in [6.45, 7) is 6.46. The average molecular weight is 342 g/mol. The second-order valence-electron chi connectivity index (χ2n) is 5.80. The third-order valence-corrected chi connectivity index (χ3v) is 3.90. The van der Waals surface area contributed by atoms with Crippen LogP contribution in [0.4, 0.5) is 10.1 Å². The molecule has 2 aromatic rings. The summed E-state index contributed by atoms with van der Waals surface area (Å²) in [5.74, 6) is 0.0796. The summed E-state index contributed by atoms with van der Waals surface area (Å²) in [5, 5.41) is 2.62. The zero-order chi connectivity index (χ0) is 18.2. The molecule has 0 saturated carbocycles. The van der Waals surface area contributed by atoms with Crippen molar-refractivity contribution in [1.29, 1.82) is 0 Å². The van der Waals surface area contributed by atoms with E-state index in [0.717, 1.165) is 11.3 Å². The lowest BCUT2D eigenvalue weighted by atomic mass is 10.1. The molecular weight excluding hydrogens is 319 g/mol. The van der Waals surface area contributed by atoms with Crippen molar-refractivity contribution in [3.63, 3.8) is 0 Å². The Morgan fingerprint density at radius 1 is 1.28 bits per heavy atom. The molecule has 4 nitrogen and oxygen atoms in total. The highest BCUT2D eigenvalue weighted by molar-refractivity contribution is 5.94. The van der Waals surface area contributed by atoms with Crippen molar-refractivity contribution in [2.45, 2.75) is 19.5 Å². The first-order valence-electron chi connectivity index (χ1n) is 8.09. The standard InChI is InChI=1S/C20H23FN2O2/c1-4-13-25-17-11-9-16(10-12-17)14-23(3)15(2)20(24)22-19-8-6-5-7-18(19)21/h4-12,15H,1,13-14H2,2-3H3,(H,22,24). The van der Waals surface area contributed by atoms with Gasteiger partial charge in [0.2, 0.25) is 5.91 Å². The maximum Gasteiger partial charge on any atom is 0.241 e. The summed E-state index contributed by atoms with van der Waals surface area (Å²) in [4.78, 5) is 14.2. The van der Waals surface area contributed by atoms with Gasteiger partial charge >= 0.3 is 0 Å². The number of likely N-dealkylation sites (N-methyl/N-ethyl adjacent to an activating group) is 1. The first-order valence-corrected chi connectivity index (χ1v) is 8.09. The van der Waals surface area contributed by atoms with E-state index in [1.165, 1.54) is 6.07 Å². The molecule has 1 amide bonds. The van der Waals surface area contributed by atoms with Gasteiger partial charge in [0.05, 0.1) is 11.7 Å². The lowest BCUT2D eigenvalue weighted by Gasteiger charge is -2.24. The molecule has 0 bridgehead atoms. The van der Waals surface area contributed by atoms with E-state index in [2.05, 4.69) is 11.9 Å². The van der Waals surface area contributed by atoms with Crippen LogP contribution >= 0.6 is 0 Å². The van der Waals surface area contributed by atoms with Gasteiger partial charge in [-0.15, -0.1) is 0 Å². The zero-order valence-electron chi connectivity index (χ0n) is 14.5. The minimum atomic E-state index is -0.444. The summed E-state index contributed by atoms with van der Waals surface area (Å²) in [6, 6.07) is 13.4. The van der Waals surface area contributed by atoms with Crippen LogP contribution < -0.4 is 10.1 Å². The fourth-order valence-electron chi connectivity index (χ4n) is 2.27. The van der Waals surface area contributed by atoms with Gasteiger partial charge in [0, 0.05) is 6.54 Å². The second-order valence-corrected chi connectivity index (χ2v) is 5.80. The van der Waals surface area contributed by atoms with Crippen LogP contribution in [0.15, 0.2) is 61.2 Å². The topological polar surface area (TPSA) is 41.6 Å². The molecule has 0 heterocycles. The minimum Gasteiger partial charge on any atom is -0.490 e. The van der Waals surface area contributed by atoms with Crippen LogP contribution in [0, 0.1) is 5.82 Å². The number of nitrogens with zero attached hydrogens (tertiary/aromatic N) is 1. The van der Waals surface area contributed by atoms with Crippen LogP contribution in [-0.4, -0.2) is 30.5 Å². The van der Waals surface area contributed by atoms with E-state index in [1.54, 1.807) is 31.2 Å². The van der Waals surface area contributed by atoms with Gasteiger partial charge in [0.1, 0.15) is 18.2 Å². The number of benzene rings is 2. The van der Waals surface area contributed by atoms with Gasteiger partial charge in [-0.2, -0.15) is 0 Å². The minimum absolute atomic E-state index is 0.191. The van der Waals surface area contributed by atoms with Crippen molar-refractivity contribution < 1.29 is 13.9 Å². The second kappa shape index (κ2) is 8.99. The summed E-state index contributed by atoms with van der Waals surface area (Å²) in [7, 11) is 1.85. The maximum absolute atomic E-state index is 13.6. The maximum atomic E-state index is 13.6. The third kappa shape index (κ3) is 5.43. The largest absolute Gasteiger partial charge is 0.490 e. The van der Waals surface area contributed by atoms with Crippen LogP contribution in [0.25, 0.3) is 0 Å². The molecule has 25 heavy (non-hydrogen) atoms. The van der Waals surface area contributed by atoms with E-state index < -0.39 is 11.9 Å². The van der Waals surface area contributed by atoms with E-state index in [9.17, 15) is 9.18 Å². The number of ether oxygens (including phenoxy) is 1. The molecule has 0 aromatic heterocycles. The van der Waals surface area contributed by atoms with Gasteiger partial charge in [-0.25, -0.2) is 4.39 Å². The molecule has 0 aliphatic rings. The van der Waals surface area contributed by atoms with Crippen molar-refractivity contribution in [2.75, 3.05) is 19.0 Å². The number of carbonyl (C=O) groups excluding carboxylic acids is 1. The van der Waals surface area contributed by atoms with Crippen molar-refractivity contribution >= 4 is 11.6 Å². The van der Waals surface area contributed by atoms with E-state index in [4.69, 9.17) is 4.74 Å². The number of para-hydroxylation sites is 1. The van der Waals surface area contributed by atoms with Gasteiger partial charge < -0.3 is 10.1 Å². The SMILES string of the molecule is C=CCOc1ccc(CN(C)C(C)C(=O)Nc2ccccc2F)cc1. The highest BCUT2D eigenvalue weighted by Gasteiger charge is 2.19. The quantitative estimate of drug-likeness (QED) is 0.741. The first kappa shape index (κ1) is 18.7. The number of rotatable bonds is 8. The first-order chi connectivity index (χ1) is 12.0. The number of halogens is 1. The smallest absolute Gasteiger partial charge is 0.241 e. The molecule has 0 saturated heterocycles. The molecule has 2 rings (SSSR count). The van der Waals surface area contributed by atoms with Crippen molar-refractivity contribution in [3.05, 3.63) is 72.6 Å². The van der Waals surface area contributed by atoms with Crippen molar-refractivity contribution in [1.82, 2.24) is 4.90 Å². The van der Waals surface area contributed by atoms with Crippen LogP contribution in [0.5, 0.6) is 5.75 Å². The van der Waals surface area contributed by atoms with Gasteiger partial charge in [0.25, 0.3) is 0 Å². The Morgan fingerprint density at radius 3 is 2.60 bits per heavy atom. The van der Waals surface area contributed by atoms with E-state index in [-0.39, 0.29) is 11.6 Å². The number of hydrogen-bond donors (Lipinski definition) is 1. The fourth-order valence-corrected chi connectivity index (χ4v) is 2.27. The summed E-state index contributed by atoms with van der Waals surface area (Å²) < 4.78 is 19.1. The van der Waals surface area contributed by atoms with Crippen LogP contribution in [0.1, 0.15) is 12.5 Å². The molecule has 1 atom stereocenters. The Kier molecular flexibility index (Phi) is 6.71. The van der Waals surface area contributed by atoms with Crippen LogP contribution in [0.3, 0.4) is 0 Å². The molecule has 2 aromatic carbocycles. The number of anilines is 1. The van der Waals surface area contributed by atoms with Crippen LogP contribution in [0.2, 0.25) is 0 Å². The predicted octanol–water partition coefficient (Wildman–Crippen LogP) is 3.85. The summed E-state index contributed by atoms with van der Waals surface area (Å²) in [6.07, 6.45) is 1.69. The lowest BCUT2D eigenvalue weighted by molar-refractivity contribution is -0.120. The van der Waals surface area contributed by atoms with E-state index in [1.807, 2.05) is 36.2 Å².